The molecule has 0 saturated carbocycles. The Labute approximate surface area is 158 Å². The van der Waals surface area contributed by atoms with E-state index in [9.17, 15) is 9.59 Å². The predicted molar refractivity (Wildman–Crippen MR) is 99.4 cm³/mol. The summed E-state index contributed by atoms with van der Waals surface area (Å²) in [7, 11) is 4.56. The van der Waals surface area contributed by atoms with Crippen LogP contribution in [0.1, 0.15) is 28.9 Å². The van der Waals surface area contributed by atoms with Gasteiger partial charge in [-0.05, 0) is 42.8 Å². The molecule has 1 amide bonds. The van der Waals surface area contributed by atoms with Crippen molar-refractivity contribution in [1.29, 1.82) is 0 Å². The molecule has 0 spiro atoms. The molecule has 7 nitrogen and oxygen atoms in total. The first-order valence-electron chi connectivity index (χ1n) is 8.31. The van der Waals surface area contributed by atoms with Gasteiger partial charge in [0, 0.05) is 0 Å². The fourth-order valence-corrected chi connectivity index (χ4v) is 2.45. The zero-order valence-corrected chi connectivity index (χ0v) is 15.8. The van der Waals surface area contributed by atoms with Crippen LogP contribution in [0, 0.1) is 0 Å². The van der Waals surface area contributed by atoms with Crippen molar-refractivity contribution in [2.24, 2.45) is 0 Å². The molecule has 1 N–H and O–H groups in total. The van der Waals surface area contributed by atoms with Gasteiger partial charge in [-0.3, -0.25) is 4.79 Å². The number of hydrogen-bond donors (Lipinski definition) is 1. The minimum atomic E-state index is -0.625. The van der Waals surface area contributed by atoms with E-state index in [-0.39, 0.29) is 18.2 Å². The number of esters is 1. The van der Waals surface area contributed by atoms with Crippen LogP contribution in [-0.4, -0.2) is 39.8 Å². The van der Waals surface area contributed by atoms with Crippen LogP contribution >= 0.6 is 0 Å². The zero-order chi connectivity index (χ0) is 19.8. The van der Waals surface area contributed by atoms with Gasteiger partial charge in [-0.2, -0.15) is 0 Å². The summed E-state index contributed by atoms with van der Waals surface area (Å²) in [6.45, 7) is 1.45. The number of carbonyl (C=O) groups is 2. The second-order valence-corrected chi connectivity index (χ2v) is 5.71. The molecule has 0 saturated heterocycles. The van der Waals surface area contributed by atoms with Crippen molar-refractivity contribution in [3.63, 3.8) is 0 Å². The third kappa shape index (κ3) is 5.37. The number of carbonyl (C=O) groups excluding carboxylic acids is 2. The number of ether oxygens (including phenoxy) is 4. The molecule has 0 aromatic heterocycles. The van der Waals surface area contributed by atoms with Crippen molar-refractivity contribution in [1.82, 2.24) is 5.32 Å². The van der Waals surface area contributed by atoms with Crippen molar-refractivity contribution >= 4 is 11.9 Å². The number of benzene rings is 2. The molecule has 0 unspecified atom stereocenters. The molecule has 2 aromatic carbocycles. The van der Waals surface area contributed by atoms with Gasteiger partial charge in [0.15, 0.2) is 18.1 Å². The van der Waals surface area contributed by atoms with Gasteiger partial charge in [-0.25, -0.2) is 4.79 Å². The van der Waals surface area contributed by atoms with Gasteiger partial charge in [0.05, 0.1) is 32.9 Å². The highest BCUT2D eigenvalue weighted by Gasteiger charge is 2.15. The molecular formula is C20H23NO6. The Morgan fingerprint density at radius 2 is 1.70 bits per heavy atom. The highest BCUT2D eigenvalue weighted by Crippen LogP contribution is 2.27. The molecule has 0 aliphatic carbocycles. The van der Waals surface area contributed by atoms with Gasteiger partial charge in [0.25, 0.3) is 5.91 Å². The summed E-state index contributed by atoms with van der Waals surface area (Å²) in [6.07, 6.45) is 0. The van der Waals surface area contributed by atoms with Crippen molar-refractivity contribution in [3.05, 3.63) is 53.6 Å². The average molecular weight is 373 g/mol. The molecule has 1 atom stereocenters. The fraction of sp³-hybridized carbons (Fsp3) is 0.300. The molecule has 0 aliphatic heterocycles. The van der Waals surface area contributed by atoms with Gasteiger partial charge in [0.1, 0.15) is 5.75 Å². The van der Waals surface area contributed by atoms with E-state index >= 15 is 0 Å². The second-order valence-electron chi connectivity index (χ2n) is 5.71. The molecule has 144 valence electrons. The molecule has 0 radical (unpaired) electrons. The van der Waals surface area contributed by atoms with Crippen molar-refractivity contribution < 1.29 is 28.5 Å². The summed E-state index contributed by atoms with van der Waals surface area (Å²) in [4.78, 5) is 24.2. The van der Waals surface area contributed by atoms with E-state index in [1.54, 1.807) is 19.2 Å². The van der Waals surface area contributed by atoms with Crippen LogP contribution in [-0.2, 0) is 9.53 Å². The lowest BCUT2D eigenvalue weighted by Crippen LogP contribution is -2.31. The van der Waals surface area contributed by atoms with Gasteiger partial charge < -0.3 is 24.3 Å². The smallest absolute Gasteiger partial charge is 0.338 e. The first kappa shape index (κ1) is 20.1. The predicted octanol–water partition coefficient (Wildman–Crippen LogP) is 2.75. The molecule has 0 aliphatic rings. The summed E-state index contributed by atoms with van der Waals surface area (Å²) >= 11 is 0. The number of rotatable bonds is 8. The Kier molecular flexibility index (Phi) is 7.05. The van der Waals surface area contributed by atoms with Crippen LogP contribution in [0.15, 0.2) is 42.5 Å². The second kappa shape index (κ2) is 9.47. The summed E-state index contributed by atoms with van der Waals surface area (Å²) in [5.41, 5.74) is 1.15. The van der Waals surface area contributed by atoms with Crippen LogP contribution in [0.3, 0.4) is 0 Å². The normalized spacial score (nSPS) is 11.3. The minimum Gasteiger partial charge on any atom is -0.497 e. The SMILES string of the molecule is COc1cccc([C@H](C)NC(=O)COC(=O)c2ccc(OC)c(OC)c2)c1. The monoisotopic (exact) mass is 373 g/mol. The average Bonchev–Trinajstić information content (AvgIpc) is 2.71. The number of amides is 1. The molecule has 2 aromatic rings. The molecule has 27 heavy (non-hydrogen) atoms. The van der Waals surface area contributed by atoms with Gasteiger partial charge in [0.2, 0.25) is 0 Å². The number of hydrogen-bond acceptors (Lipinski definition) is 6. The highest BCUT2D eigenvalue weighted by molar-refractivity contribution is 5.92. The third-order valence-electron chi connectivity index (χ3n) is 3.92. The van der Waals surface area contributed by atoms with Gasteiger partial charge in [-0.15, -0.1) is 0 Å². The molecule has 0 heterocycles. The lowest BCUT2D eigenvalue weighted by molar-refractivity contribution is -0.124. The Hall–Kier alpha value is -3.22. The van der Waals surface area contributed by atoms with E-state index in [4.69, 9.17) is 18.9 Å². The summed E-state index contributed by atoms with van der Waals surface area (Å²) in [6, 6.07) is 11.8. The molecular weight excluding hydrogens is 350 g/mol. The lowest BCUT2D eigenvalue weighted by Gasteiger charge is -2.15. The van der Waals surface area contributed by atoms with Crippen LogP contribution in [0.5, 0.6) is 17.2 Å². The molecule has 0 fully saturated rings. The highest BCUT2D eigenvalue weighted by atomic mass is 16.5. The van der Waals surface area contributed by atoms with E-state index in [1.807, 2.05) is 31.2 Å². The minimum absolute atomic E-state index is 0.257. The topological polar surface area (TPSA) is 83.1 Å². The van der Waals surface area contributed by atoms with Crippen molar-refractivity contribution in [2.75, 3.05) is 27.9 Å². The number of nitrogens with one attached hydrogen (secondary N) is 1. The summed E-state index contributed by atoms with van der Waals surface area (Å²) in [5.74, 6) is 0.578. The molecule has 7 heteroatoms. The standard InChI is InChI=1S/C20H23NO6/c1-13(14-6-5-7-16(10-14)24-2)21-19(22)12-27-20(23)15-8-9-17(25-3)18(11-15)26-4/h5-11,13H,12H2,1-4H3,(H,21,22)/t13-/m0/s1. The van der Waals surface area contributed by atoms with Gasteiger partial charge in [-0.1, -0.05) is 12.1 Å². The maximum Gasteiger partial charge on any atom is 0.338 e. The lowest BCUT2D eigenvalue weighted by atomic mass is 10.1. The fourth-order valence-electron chi connectivity index (χ4n) is 2.45. The van der Waals surface area contributed by atoms with Crippen molar-refractivity contribution in [2.45, 2.75) is 13.0 Å². The maximum absolute atomic E-state index is 12.1. The summed E-state index contributed by atoms with van der Waals surface area (Å²) < 4.78 is 20.5. The van der Waals surface area contributed by atoms with Crippen molar-refractivity contribution in [3.8, 4) is 17.2 Å². The van der Waals surface area contributed by atoms with E-state index in [0.29, 0.717) is 17.2 Å². The number of methoxy groups -OCH3 is 3. The largest absolute Gasteiger partial charge is 0.497 e. The van der Waals surface area contributed by atoms with E-state index in [1.165, 1.54) is 20.3 Å². The molecule has 2 rings (SSSR count). The van der Waals surface area contributed by atoms with Crippen LogP contribution in [0.25, 0.3) is 0 Å². The van der Waals surface area contributed by atoms with Crippen LogP contribution < -0.4 is 19.5 Å². The third-order valence-corrected chi connectivity index (χ3v) is 3.92. The Morgan fingerprint density at radius 3 is 2.37 bits per heavy atom. The van der Waals surface area contributed by atoms with E-state index in [2.05, 4.69) is 5.32 Å². The van der Waals surface area contributed by atoms with Gasteiger partial charge >= 0.3 is 5.97 Å². The summed E-state index contributed by atoms with van der Waals surface area (Å²) in [5, 5.41) is 2.78. The zero-order valence-electron chi connectivity index (χ0n) is 15.8. The Bertz CT molecular complexity index is 805. The quantitative estimate of drug-likeness (QED) is 0.717. The van der Waals surface area contributed by atoms with Crippen LogP contribution in [0.4, 0.5) is 0 Å². The Morgan fingerprint density at radius 1 is 0.963 bits per heavy atom. The van der Waals surface area contributed by atoms with Crippen LogP contribution in [0.2, 0.25) is 0 Å². The first-order valence-corrected chi connectivity index (χ1v) is 8.31. The van der Waals surface area contributed by atoms with E-state index in [0.717, 1.165) is 5.56 Å². The maximum atomic E-state index is 12.1. The van der Waals surface area contributed by atoms with E-state index < -0.39 is 11.9 Å². The first-order chi connectivity index (χ1) is 13.0. The Balaban J connectivity index is 1.91. The molecule has 0 bridgehead atoms.